The van der Waals surface area contributed by atoms with Crippen molar-refractivity contribution >= 4 is 23.0 Å². The molecule has 8 nitrogen and oxygen atoms in total. The summed E-state index contributed by atoms with van der Waals surface area (Å²) in [6.07, 6.45) is 3.87. The zero-order valence-corrected chi connectivity index (χ0v) is 22.8. The van der Waals surface area contributed by atoms with E-state index in [4.69, 9.17) is 27.8 Å². The van der Waals surface area contributed by atoms with Crippen molar-refractivity contribution in [1.29, 1.82) is 0 Å². The second kappa shape index (κ2) is 12.0. The lowest BCUT2D eigenvalue weighted by atomic mass is 10.0. The predicted molar refractivity (Wildman–Crippen MR) is 149 cm³/mol. The summed E-state index contributed by atoms with van der Waals surface area (Å²) < 4.78 is 34.1. The van der Waals surface area contributed by atoms with Crippen molar-refractivity contribution in [3.63, 3.8) is 0 Å². The molecule has 1 saturated heterocycles. The molecule has 1 fully saturated rings. The highest BCUT2D eigenvalue weighted by Gasteiger charge is 2.23. The minimum Gasteiger partial charge on any atom is -0.494 e. The SMILES string of the molecule is COc1cc(N2CCC(N(C)C)CC2)ccc1N/C(N)=C/C1=C(N)NCCN1Cc1c(F)ccc(F)c1Cl. The Morgan fingerprint density at radius 3 is 2.58 bits per heavy atom. The molecule has 2 heterocycles. The minimum atomic E-state index is -0.675. The van der Waals surface area contributed by atoms with Gasteiger partial charge in [0.15, 0.2) is 0 Å². The quantitative estimate of drug-likeness (QED) is 0.372. The van der Waals surface area contributed by atoms with Crippen LogP contribution in [0.4, 0.5) is 20.2 Å². The van der Waals surface area contributed by atoms with Crippen LogP contribution in [0.5, 0.6) is 5.75 Å². The number of rotatable bonds is 8. The summed E-state index contributed by atoms with van der Waals surface area (Å²) in [6.45, 7) is 3.02. The van der Waals surface area contributed by atoms with Gasteiger partial charge in [0.1, 0.15) is 29.0 Å². The number of nitrogens with one attached hydrogen (secondary N) is 2. The monoisotopic (exact) mass is 547 g/mol. The summed E-state index contributed by atoms with van der Waals surface area (Å²) in [6, 6.07) is 8.66. The third-order valence-corrected chi connectivity index (χ3v) is 7.53. The van der Waals surface area contributed by atoms with Crippen molar-refractivity contribution in [2.45, 2.75) is 25.4 Å². The van der Waals surface area contributed by atoms with Crippen LogP contribution < -0.4 is 31.7 Å². The summed E-state index contributed by atoms with van der Waals surface area (Å²) in [7, 11) is 5.87. The Kier molecular flexibility index (Phi) is 8.73. The molecule has 0 aromatic heterocycles. The maximum atomic E-state index is 14.5. The molecule has 2 aromatic rings. The van der Waals surface area contributed by atoms with E-state index in [-0.39, 0.29) is 17.1 Å². The first-order valence-electron chi connectivity index (χ1n) is 12.6. The van der Waals surface area contributed by atoms with E-state index in [1.807, 2.05) is 23.1 Å². The van der Waals surface area contributed by atoms with Crippen molar-refractivity contribution in [2.24, 2.45) is 11.5 Å². The molecule has 2 aliphatic heterocycles. The fraction of sp³-hybridized carbons (Fsp3) is 0.407. The van der Waals surface area contributed by atoms with Crippen LogP contribution >= 0.6 is 11.6 Å². The number of benzene rings is 2. The second-order valence-electron chi connectivity index (χ2n) is 9.76. The zero-order chi connectivity index (χ0) is 27.4. The van der Waals surface area contributed by atoms with Crippen molar-refractivity contribution in [3.05, 3.63) is 76.0 Å². The molecule has 11 heteroatoms. The van der Waals surface area contributed by atoms with Gasteiger partial charge in [0.05, 0.1) is 23.5 Å². The van der Waals surface area contributed by atoms with Crippen LogP contribution in [0.25, 0.3) is 0 Å². The summed E-state index contributed by atoms with van der Waals surface area (Å²) in [5, 5.41) is 6.03. The average molecular weight is 548 g/mol. The van der Waals surface area contributed by atoms with Crippen LogP contribution in [-0.4, -0.2) is 63.2 Å². The van der Waals surface area contributed by atoms with Crippen LogP contribution in [0.2, 0.25) is 5.02 Å². The van der Waals surface area contributed by atoms with Gasteiger partial charge in [-0.1, -0.05) is 11.6 Å². The molecule has 0 bridgehead atoms. The highest BCUT2D eigenvalue weighted by atomic mass is 35.5. The molecule has 0 amide bonds. The van der Waals surface area contributed by atoms with Gasteiger partial charge in [0, 0.05) is 62.2 Å². The van der Waals surface area contributed by atoms with Gasteiger partial charge in [-0.25, -0.2) is 8.78 Å². The fourth-order valence-electron chi connectivity index (χ4n) is 4.90. The largest absolute Gasteiger partial charge is 0.494 e. The summed E-state index contributed by atoms with van der Waals surface area (Å²) in [4.78, 5) is 6.45. The molecule has 4 rings (SSSR count). The number of allylic oxidation sites excluding steroid dienone is 1. The van der Waals surface area contributed by atoms with Gasteiger partial charge in [-0.15, -0.1) is 0 Å². The number of halogens is 3. The van der Waals surface area contributed by atoms with E-state index in [0.29, 0.717) is 47.9 Å². The Labute approximate surface area is 227 Å². The molecule has 0 aliphatic carbocycles. The van der Waals surface area contributed by atoms with E-state index in [1.165, 1.54) is 0 Å². The minimum absolute atomic E-state index is 0.0342. The number of anilines is 2. The van der Waals surface area contributed by atoms with Gasteiger partial charge in [-0.2, -0.15) is 0 Å². The third-order valence-electron chi connectivity index (χ3n) is 7.12. The first kappa shape index (κ1) is 27.7. The molecular weight excluding hydrogens is 512 g/mol. The Morgan fingerprint density at radius 2 is 1.89 bits per heavy atom. The smallest absolute Gasteiger partial charge is 0.144 e. The summed E-state index contributed by atoms with van der Waals surface area (Å²) in [5.74, 6) is 0.0743. The molecule has 2 aliphatic rings. The van der Waals surface area contributed by atoms with E-state index in [0.717, 1.165) is 43.8 Å². The van der Waals surface area contributed by atoms with Gasteiger partial charge >= 0.3 is 0 Å². The second-order valence-corrected chi connectivity index (χ2v) is 10.1. The van der Waals surface area contributed by atoms with E-state index < -0.39 is 11.6 Å². The van der Waals surface area contributed by atoms with Crippen LogP contribution in [0.15, 0.2) is 53.7 Å². The lowest BCUT2D eigenvalue weighted by molar-refractivity contribution is 0.249. The Hall–Kier alpha value is -3.37. The molecule has 0 saturated carbocycles. The van der Waals surface area contributed by atoms with Crippen LogP contribution in [0.1, 0.15) is 18.4 Å². The summed E-state index contributed by atoms with van der Waals surface area (Å²) >= 11 is 6.06. The number of hydrogen-bond acceptors (Lipinski definition) is 8. The van der Waals surface area contributed by atoms with Gasteiger partial charge < -0.3 is 41.5 Å². The predicted octanol–water partition coefficient (Wildman–Crippen LogP) is 3.60. The molecule has 206 valence electrons. The van der Waals surface area contributed by atoms with E-state index in [9.17, 15) is 8.78 Å². The van der Waals surface area contributed by atoms with Crippen LogP contribution in [0, 0.1) is 11.6 Å². The number of hydrogen-bond donors (Lipinski definition) is 4. The standard InChI is InChI=1S/C27H36ClF2N7O/c1-35(2)17-8-11-36(12-9-17)18-4-7-22(24(14-18)38-3)34-25(31)15-23-27(32)33-10-13-37(23)16-19-20(29)5-6-21(30)26(19)28/h4-7,14-15,17,33-34H,8-13,16,31-32H2,1-3H3/b25-15+. The topological polar surface area (TPSA) is 95.0 Å². The first-order chi connectivity index (χ1) is 18.2. The number of nitrogens with zero attached hydrogens (tertiary/aromatic N) is 3. The van der Waals surface area contributed by atoms with E-state index >= 15 is 0 Å². The van der Waals surface area contributed by atoms with Crippen molar-refractivity contribution in [1.82, 2.24) is 15.1 Å². The Bertz CT molecular complexity index is 1210. The van der Waals surface area contributed by atoms with E-state index in [2.05, 4.69) is 34.5 Å². The van der Waals surface area contributed by atoms with Crippen molar-refractivity contribution in [3.8, 4) is 5.75 Å². The number of nitrogens with two attached hydrogens (primary N) is 2. The number of ether oxygens (including phenoxy) is 1. The number of piperidine rings is 1. The van der Waals surface area contributed by atoms with Gasteiger partial charge in [0.2, 0.25) is 0 Å². The zero-order valence-electron chi connectivity index (χ0n) is 22.0. The maximum Gasteiger partial charge on any atom is 0.144 e. The molecule has 0 radical (unpaired) electrons. The molecule has 0 atom stereocenters. The lowest BCUT2D eigenvalue weighted by Crippen LogP contribution is -2.42. The van der Waals surface area contributed by atoms with Crippen LogP contribution in [-0.2, 0) is 6.54 Å². The van der Waals surface area contributed by atoms with Crippen LogP contribution in [0.3, 0.4) is 0 Å². The molecule has 6 N–H and O–H groups in total. The normalized spacial score (nSPS) is 17.2. The molecule has 0 spiro atoms. The van der Waals surface area contributed by atoms with Gasteiger partial charge in [-0.05, 0) is 51.2 Å². The van der Waals surface area contributed by atoms with Crippen molar-refractivity contribution in [2.75, 3.05) is 57.6 Å². The van der Waals surface area contributed by atoms with Crippen molar-refractivity contribution < 1.29 is 13.5 Å². The third kappa shape index (κ3) is 6.19. The maximum absolute atomic E-state index is 14.5. The molecular formula is C27H36ClF2N7O. The molecule has 38 heavy (non-hydrogen) atoms. The fourth-order valence-corrected chi connectivity index (χ4v) is 5.12. The molecule has 2 aromatic carbocycles. The van der Waals surface area contributed by atoms with E-state index in [1.54, 1.807) is 13.2 Å². The van der Waals surface area contributed by atoms with Gasteiger partial charge in [-0.3, -0.25) is 0 Å². The molecule has 0 unspecified atom stereocenters. The first-order valence-corrected chi connectivity index (χ1v) is 13.0. The highest BCUT2D eigenvalue weighted by Crippen LogP contribution is 2.32. The Morgan fingerprint density at radius 1 is 1.18 bits per heavy atom. The van der Waals surface area contributed by atoms with Gasteiger partial charge in [0.25, 0.3) is 0 Å². The number of methoxy groups -OCH3 is 1. The average Bonchev–Trinajstić information content (AvgIpc) is 2.91. The lowest BCUT2D eigenvalue weighted by Gasteiger charge is -2.36. The highest BCUT2D eigenvalue weighted by molar-refractivity contribution is 6.31. The summed E-state index contributed by atoms with van der Waals surface area (Å²) in [5.41, 5.74) is 15.0. The Balaban J connectivity index is 1.51.